The highest BCUT2D eigenvalue weighted by Gasteiger charge is 2.53. The molecule has 0 bridgehead atoms. The summed E-state index contributed by atoms with van der Waals surface area (Å²) in [6.07, 6.45) is 0.668. The number of carbonyl (C=O) groups is 2. The third-order valence-corrected chi connectivity index (χ3v) is 7.76. The average Bonchev–Trinajstić information content (AvgIpc) is 2.99. The van der Waals surface area contributed by atoms with Crippen LogP contribution < -0.4 is 0 Å². The molecule has 0 saturated carbocycles. The van der Waals surface area contributed by atoms with Crippen LogP contribution in [0, 0.1) is 5.41 Å². The minimum Gasteiger partial charge on any atom is -0.448 e. The molecule has 5 rings (SSSR count). The number of benzene rings is 4. The van der Waals surface area contributed by atoms with Gasteiger partial charge in [-0.1, -0.05) is 135 Å². The molecule has 4 aromatic carbocycles. The van der Waals surface area contributed by atoms with Gasteiger partial charge in [0.25, 0.3) is 0 Å². The molecular formula is C35H32O4. The molecule has 1 heterocycles. The summed E-state index contributed by atoms with van der Waals surface area (Å²) in [7, 11) is 0. The molecule has 0 aliphatic carbocycles. The van der Waals surface area contributed by atoms with Crippen molar-refractivity contribution in [3.63, 3.8) is 0 Å². The van der Waals surface area contributed by atoms with E-state index in [1.165, 1.54) is 0 Å². The first-order valence-electron chi connectivity index (χ1n) is 13.4. The van der Waals surface area contributed by atoms with Gasteiger partial charge in [0, 0.05) is 16.7 Å². The van der Waals surface area contributed by atoms with Gasteiger partial charge >= 0.3 is 11.9 Å². The molecule has 0 aromatic heterocycles. The van der Waals surface area contributed by atoms with Crippen molar-refractivity contribution in [2.45, 2.75) is 38.7 Å². The highest BCUT2D eigenvalue weighted by molar-refractivity contribution is 6.01. The summed E-state index contributed by atoms with van der Waals surface area (Å²) in [6.45, 7) is 3.66. The molecule has 4 heteroatoms. The molecular weight excluding hydrogens is 484 g/mol. The standard InChI is InChI=1S/C35H32O4/c1-3-34(4-2)32(36)38-30(31(26-17-9-5-10-18-26)27-19-11-6-12-20-27)25-35(39-33(34)37,28-21-13-7-14-22-28)29-23-15-8-16-24-29/h5-24H,3-4,25H2,1-2H3. The zero-order chi connectivity index (χ0) is 27.3. The lowest BCUT2D eigenvalue weighted by molar-refractivity contribution is -0.185. The van der Waals surface area contributed by atoms with Crippen LogP contribution in [-0.2, 0) is 24.7 Å². The second-order valence-electron chi connectivity index (χ2n) is 9.83. The number of hydrogen-bond donors (Lipinski definition) is 0. The van der Waals surface area contributed by atoms with Crippen LogP contribution in [0.3, 0.4) is 0 Å². The molecule has 1 aliphatic rings. The summed E-state index contributed by atoms with van der Waals surface area (Å²) in [4.78, 5) is 27.9. The van der Waals surface area contributed by atoms with E-state index in [2.05, 4.69) is 0 Å². The SMILES string of the molecule is CCC1(CC)C(=O)OC(=C(c2ccccc2)c2ccccc2)CC(c2ccccc2)(c2ccccc2)OC1=O. The maximum atomic E-state index is 14.0. The smallest absolute Gasteiger partial charge is 0.328 e. The summed E-state index contributed by atoms with van der Waals surface area (Å²) in [5.74, 6) is -0.680. The van der Waals surface area contributed by atoms with Gasteiger partial charge in [0.1, 0.15) is 5.76 Å². The number of hydrogen-bond acceptors (Lipinski definition) is 4. The molecule has 0 N–H and O–H groups in total. The van der Waals surface area contributed by atoms with Crippen LogP contribution in [0.15, 0.2) is 127 Å². The highest BCUT2D eigenvalue weighted by Crippen LogP contribution is 2.47. The topological polar surface area (TPSA) is 52.6 Å². The Balaban J connectivity index is 1.87. The quantitative estimate of drug-likeness (QED) is 0.195. The largest absolute Gasteiger partial charge is 0.448 e. The Bertz CT molecular complexity index is 1370. The molecule has 0 spiro atoms. The van der Waals surface area contributed by atoms with Gasteiger partial charge < -0.3 is 9.47 Å². The van der Waals surface area contributed by atoms with Crippen LogP contribution in [-0.4, -0.2) is 11.9 Å². The Labute approximate surface area is 229 Å². The van der Waals surface area contributed by atoms with Crippen LogP contribution in [0.25, 0.3) is 5.57 Å². The number of rotatable bonds is 6. The van der Waals surface area contributed by atoms with E-state index in [0.717, 1.165) is 27.8 Å². The van der Waals surface area contributed by atoms with Gasteiger partial charge in [0.05, 0.1) is 6.42 Å². The number of cyclic esters (lactones) is 2. The normalized spacial score (nSPS) is 16.4. The zero-order valence-electron chi connectivity index (χ0n) is 22.3. The molecule has 39 heavy (non-hydrogen) atoms. The third-order valence-electron chi connectivity index (χ3n) is 7.76. The fourth-order valence-electron chi connectivity index (χ4n) is 5.42. The molecule has 1 fully saturated rings. The van der Waals surface area contributed by atoms with Crippen molar-refractivity contribution >= 4 is 17.5 Å². The van der Waals surface area contributed by atoms with Crippen LogP contribution in [0.2, 0.25) is 0 Å². The molecule has 0 radical (unpaired) electrons. The predicted molar refractivity (Wildman–Crippen MR) is 152 cm³/mol. The summed E-state index contributed by atoms with van der Waals surface area (Å²) in [6, 6.07) is 39.3. The van der Waals surface area contributed by atoms with E-state index in [0.29, 0.717) is 5.76 Å². The molecule has 0 atom stereocenters. The van der Waals surface area contributed by atoms with Gasteiger partial charge in [-0.05, 0) is 24.0 Å². The number of carbonyl (C=O) groups excluding carboxylic acids is 2. The minimum absolute atomic E-state index is 0.140. The Morgan fingerprint density at radius 2 is 1.03 bits per heavy atom. The van der Waals surface area contributed by atoms with Gasteiger partial charge in [0.2, 0.25) is 0 Å². The van der Waals surface area contributed by atoms with Crippen molar-refractivity contribution in [3.8, 4) is 0 Å². The molecule has 4 aromatic rings. The molecule has 0 unspecified atom stereocenters. The van der Waals surface area contributed by atoms with Crippen molar-refractivity contribution < 1.29 is 19.1 Å². The van der Waals surface area contributed by atoms with Gasteiger partial charge in [-0.15, -0.1) is 0 Å². The molecule has 0 amide bonds. The molecule has 4 nitrogen and oxygen atoms in total. The van der Waals surface area contributed by atoms with E-state index >= 15 is 0 Å². The molecule has 1 saturated heterocycles. The van der Waals surface area contributed by atoms with Gasteiger partial charge in [-0.25, -0.2) is 0 Å². The monoisotopic (exact) mass is 516 g/mol. The molecule has 1 aliphatic heterocycles. The average molecular weight is 517 g/mol. The predicted octanol–water partition coefficient (Wildman–Crippen LogP) is 7.69. The third kappa shape index (κ3) is 4.79. The number of ether oxygens (including phenoxy) is 2. The van der Waals surface area contributed by atoms with E-state index < -0.39 is 23.0 Å². The summed E-state index contributed by atoms with van der Waals surface area (Å²) in [5, 5.41) is 0. The van der Waals surface area contributed by atoms with E-state index in [1.54, 1.807) is 0 Å². The second kappa shape index (κ2) is 11.1. The first-order chi connectivity index (χ1) is 19.0. The Morgan fingerprint density at radius 3 is 1.44 bits per heavy atom. The lowest BCUT2D eigenvalue weighted by Crippen LogP contribution is -2.48. The van der Waals surface area contributed by atoms with Crippen LogP contribution in [0.1, 0.15) is 55.4 Å². The lowest BCUT2D eigenvalue weighted by Gasteiger charge is -2.41. The second-order valence-corrected chi connectivity index (χ2v) is 9.83. The van der Waals surface area contributed by atoms with Gasteiger partial charge in [0.15, 0.2) is 11.0 Å². The van der Waals surface area contributed by atoms with Crippen molar-refractivity contribution in [1.29, 1.82) is 0 Å². The maximum Gasteiger partial charge on any atom is 0.328 e. The maximum absolute atomic E-state index is 14.0. The van der Waals surface area contributed by atoms with Crippen molar-refractivity contribution in [2.75, 3.05) is 0 Å². The van der Waals surface area contributed by atoms with Gasteiger partial charge in [-0.2, -0.15) is 0 Å². The van der Waals surface area contributed by atoms with Crippen LogP contribution >= 0.6 is 0 Å². The Morgan fingerprint density at radius 1 is 0.615 bits per heavy atom. The van der Waals surface area contributed by atoms with Crippen molar-refractivity contribution in [2.24, 2.45) is 5.41 Å². The van der Waals surface area contributed by atoms with Crippen molar-refractivity contribution in [3.05, 3.63) is 149 Å². The fourth-order valence-corrected chi connectivity index (χ4v) is 5.42. The highest BCUT2D eigenvalue weighted by atomic mass is 16.6. The Kier molecular flexibility index (Phi) is 7.47. The van der Waals surface area contributed by atoms with E-state index in [1.807, 2.05) is 135 Å². The van der Waals surface area contributed by atoms with E-state index in [4.69, 9.17) is 9.47 Å². The van der Waals surface area contributed by atoms with E-state index in [-0.39, 0.29) is 19.3 Å². The molecule has 196 valence electrons. The summed E-state index contributed by atoms with van der Waals surface area (Å²) >= 11 is 0. The fraction of sp³-hybridized carbons (Fsp3) is 0.200. The first-order valence-corrected chi connectivity index (χ1v) is 13.4. The Hall–Kier alpha value is -4.44. The van der Waals surface area contributed by atoms with Crippen LogP contribution in [0.4, 0.5) is 0 Å². The summed E-state index contributed by atoms with van der Waals surface area (Å²) < 4.78 is 13.0. The van der Waals surface area contributed by atoms with E-state index in [9.17, 15) is 9.59 Å². The zero-order valence-corrected chi connectivity index (χ0v) is 22.3. The first kappa shape index (κ1) is 26.2. The van der Waals surface area contributed by atoms with Crippen molar-refractivity contribution in [1.82, 2.24) is 0 Å². The van der Waals surface area contributed by atoms with Crippen LogP contribution in [0.5, 0.6) is 0 Å². The minimum atomic E-state index is -1.43. The lowest BCUT2D eigenvalue weighted by atomic mass is 9.77. The van der Waals surface area contributed by atoms with Gasteiger partial charge in [-0.3, -0.25) is 9.59 Å². The number of esters is 2. The summed E-state index contributed by atoms with van der Waals surface area (Å²) in [5.41, 5.74) is 1.57.